The highest BCUT2D eigenvalue weighted by molar-refractivity contribution is 5.80. The number of hydrogen-bond donors (Lipinski definition) is 4. The van der Waals surface area contributed by atoms with Crippen molar-refractivity contribution in [2.45, 2.75) is 38.8 Å². The number of unbranched alkanes of at least 4 members (excludes halogenated alkanes) is 2. The molecule has 1 aliphatic rings. The number of nitrogens with one attached hydrogen (secondary N) is 3. The lowest BCUT2D eigenvalue weighted by Crippen LogP contribution is -2.44. The van der Waals surface area contributed by atoms with Crippen molar-refractivity contribution in [1.29, 1.82) is 0 Å². The molecule has 2 heterocycles. The Morgan fingerprint density at radius 3 is 2.71 bits per heavy atom. The Labute approximate surface area is 178 Å². The Morgan fingerprint density at radius 2 is 2.10 bits per heavy atom. The second-order valence-electron chi connectivity index (χ2n) is 7.20. The first-order chi connectivity index (χ1) is 14.8. The summed E-state index contributed by atoms with van der Waals surface area (Å²) in [4.78, 5) is 32.1. The van der Waals surface area contributed by atoms with Crippen LogP contribution < -0.4 is 21.1 Å². The molecular weight excluding hydrogens is 419 g/mol. The topological polar surface area (TPSA) is 123 Å². The maximum absolute atomic E-state index is 13.6. The van der Waals surface area contributed by atoms with Crippen molar-refractivity contribution in [2.24, 2.45) is 5.92 Å². The molecule has 0 spiro atoms. The van der Waals surface area contributed by atoms with Gasteiger partial charge in [-0.15, -0.1) is 0 Å². The van der Waals surface area contributed by atoms with E-state index in [0.29, 0.717) is 44.1 Å². The van der Waals surface area contributed by atoms with Crippen molar-refractivity contribution in [2.75, 3.05) is 43.0 Å². The molecule has 10 nitrogen and oxygen atoms in total. The van der Waals surface area contributed by atoms with Gasteiger partial charge in [0.2, 0.25) is 18.3 Å². The van der Waals surface area contributed by atoms with Crippen molar-refractivity contribution in [1.82, 2.24) is 25.8 Å². The van der Waals surface area contributed by atoms with Crippen molar-refractivity contribution in [3.8, 4) is 0 Å². The molecule has 1 fully saturated rings. The van der Waals surface area contributed by atoms with Crippen LogP contribution in [0.15, 0.2) is 6.20 Å². The normalized spacial score (nSPS) is 15.3. The van der Waals surface area contributed by atoms with Crippen LogP contribution in [0.4, 0.5) is 24.8 Å². The first-order valence-corrected chi connectivity index (χ1v) is 10.1. The molecule has 31 heavy (non-hydrogen) atoms. The number of hydroxylamine groups is 2. The first kappa shape index (κ1) is 24.6. The molecule has 1 aromatic rings. The first-order valence-electron chi connectivity index (χ1n) is 10.1. The minimum Gasteiger partial charge on any atom is -0.366 e. The predicted molar refractivity (Wildman–Crippen MR) is 106 cm³/mol. The van der Waals surface area contributed by atoms with Crippen LogP contribution in [0.3, 0.4) is 0 Å². The van der Waals surface area contributed by atoms with E-state index in [0.717, 1.165) is 19.0 Å². The third-order valence-electron chi connectivity index (χ3n) is 4.85. The molecule has 0 aromatic carbocycles. The van der Waals surface area contributed by atoms with Crippen LogP contribution in [0.2, 0.25) is 0 Å². The number of carbonyl (C=O) groups excluding carboxylic acids is 2. The number of carbonyl (C=O) groups is 2. The van der Waals surface area contributed by atoms with Crippen LogP contribution in [-0.2, 0) is 15.8 Å². The van der Waals surface area contributed by atoms with E-state index in [1.807, 2.05) is 6.92 Å². The molecule has 0 saturated carbocycles. The van der Waals surface area contributed by atoms with Crippen LogP contribution >= 0.6 is 0 Å². The number of halogens is 3. The van der Waals surface area contributed by atoms with Gasteiger partial charge in [-0.05, 0) is 6.42 Å². The third-order valence-corrected chi connectivity index (χ3v) is 4.85. The van der Waals surface area contributed by atoms with Crippen LogP contribution in [0, 0.1) is 5.92 Å². The summed E-state index contributed by atoms with van der Waals surface area (Å²) in [5.41, 5.74) is 3.37. The number of amides is 2. The standard InChI is InChI=1S/C18H28F3N7O3/c1-2-3-4-5-13(11-28(31)12-29)16(30)25-26-17-23-10-14(15(24-17)18(19,20)21)27-8-6-22-7-9-27/h10,12-13,22,31H,2-9,11H2,1H3,(H,25,30)(H,23,24,26). The molecule has 2 amide bonds. The summed E-state index contributed by atoms with van der Waals surface area (Å²) in [6.07, 6.45) is -0.588. The Bertz CT molecular complexity index is 730. The average molecular weight is 447 g/mol. The largest absolute Gasteiger partial charge is 0.435 e. The monoisotopic (exact) mass is 447 g/mol. The average Bonchev–Trinajstić information content (AvgIpc) is 2.76. The number of hydrogen-bond acceptors (Lipinski definition) is 8. The van der Waals surface area contributed by atoms with Gasteiger partial charge >= 0.3 is 6.18 Å². The van der Waals surface area contributed by atoms with Gasteiger partial charge in [0.05, 0.1) is 24.3 Å². The summed E-state index contributed by atoms with van der Waals surface area (Å²) in [5.74, 6) is -1.76. The number of hydrazine groups is 1. The highest BCUT2D eigenvalue weighted by atomic mass is 19.4. The zero-order valence-corrected chi connectivity index (χ0v) is 17.3. The smallest absolute Gasteiger partial charge is 0.366 e. The lowest BCUT2D eigenvalue weighted by Gasteiger charge is -2.30. The molecule has 0 bridgehead atoms. The maximum Gasteiger partial charge on any atom is 0.435 e. The van der Waals surface area contributed by atoms with E-state index in [1.54, 1.807) is 4.90 Å². The van der Waals surface area contributed by atoms with Gasteiger partial charge in [-0.25, -0.2) is 15.0 Å². The number of alkyl halides is 3. The van der Waals surface area contributed by atoms with Gasteiger partial charge in [-0.3, -0.25) is 25.6 Å². The molecular formula is C18H28F3N7O3. The van der Waals surface area contributed by atoms with E-state index in [1.165, 1.54) is 0 Å². The number of rotatable bonds is 11. The SMILES string of the molecule is CCCCCC(CN(O)C=O)C(=O)NNc1ncc(N2CCNCC2)c(C(F)(F)F)n1. The Morgan fingerprint density at radius 1 is 1.39 bits per heavy atom. The van der Waals surface area contributed by atoms with E-state index in [4.69, 9.17) is 0 Å². The lowest BCUT2D eigenvalue weighted by molar-refractivity contribution is -0.154. The lowest BCUT2D eigenvalue weighted by atomic mass is 10.0. The van der Waals surface area contributed by atoms with Crippen molar-refractivity contribution in [3.63, 3.8) is 0 Å². The summed E-state index contributed by atoms with van der Waals surface area (Å²) < 4.78 is 40.7. The number of piperazine rings is 1. The molecule has 174 valence electrons. The predicted octanol–water partition coefficient (Wildman–Crippen LogP) is 1.39. The summed E-state index contributed by atoms with van der Waals surface area (Å²) in [6.45, 7) is 3.63. The minimum absolute atomic E-state index is 0.120. The second kappa shape index (κ2) is 11.6. The molecule has 1 unspecified atom stereocenters. The van der Waals surface area contributed by atoms with Gasteiger partial charge in [-0.2, -0.15) is 13.2 Å². The Kier molecular flexibility index (Phi) is 9.24. The van der Waals surface area contributed by atoms with E-state index in [9.17, 15) is 28.0 Å². The van der Waals surface area contributed by atoms with Gasteiger partial charge in [0.1, 0.15) is 0 Å². The van der Waals surface area contributed by atoms with Gasteiger partial charge < -0.3 is 10.2 Å². The molecule has 4 N–H and O–H groups in total. The van der Waals surface area contributed by atoms with Crippen LogP contribution in [0.25, 0.3) is 0 Å². The molecule has 1 atom stereocenters. The zero-order chi connectivity index (χ0) is 22.9. The summed E-state index contributed by atoms with van der Waals surface area (Å²) in [6, 6.07) is 0. The van der Waals surface area contributed by atoms with Gasteiger partial charge in [-0.1, -0.05) is 26.2 Å². The van der Waals surface area contributed by atoms with E-state index in [2.05, 4.69) is 26.1 Å². The number of anilines is 2. The fraction of sp³-hybridized carbons (Fsp3) is 0.667. The highest BCUT2D eigenvalue weighted by Crippen LogP contribution is 2.35. The van der Waals surface area contributed by atoms with E-state index < -0.39 is 29.6 Å². The molecule has 2 rings (SSSR count). The van der Waals surface area contributed by atoms with Crippen molar-refractivity contribution < 1.29 is 28.0 Å². The van der Waals surface area contributed by atoms with Crippen LogP contribution in [0.5, 0.6) is 0 Å². The summed E-state index contributed by atoms with van der Waals surface area (Å²) >= 11 is 0. The second-order valence-corrected chi connectivity index (χ2v) is 7.20. The van der Waals surface area contributed by atoms with Gasteiger partial charge in [0, 0.05) is 26.2 Å². The molecule has 0 aliphatic carbocycles. The van der Waals surface area contributed by atoms with Crippen LogP contribution in [-0.4, -0.2) is 65.3 Å². The van der Waals surface area contributed by atoms with Crippen molar-refractivity contribution in [3.05, 3.63) is 11.9 Å². The number of nitrogens with zero attached hydrogens (tertiary/aromatic N) is 4. The Balaban J connectivity index is 2.09. The maximum atomic E-state index is 13.6. The van der Waals surface area contributed by atoms with Crippen molar-refractivity contribution >= 4 is 24.0 Å². The van der Waals surface area contributed by atoms with Gasteiger partial charge in [0.25, 0.3) is 0 Å². The fourth-order valence-electron chi connectivity index (χ4n) is 3.22. The Hall–Kier alpha value is -2.67. The third kappa shape index (κ3) is 7.51. The van der Waals surface area contributed by atoms with Gasteiger partial charge in [0.15, 0.2) is 5.69 Å². The van der Waals surface area contributed by atoms with Crippen LogP contribution in [0.1, 0.15) is 38.3 Å². The molecule has 0 radical (unpaired) electrons. The molecule has 13 heteroatoms. The zero-order valence-electron chi connectivity index (χ0n) is 17.3. The van der Waals surface area contributed by atoms with E-state index >= 15 is 0 Å². The number of aromatic nitrogens is 2. The summed E-state index contributed by atoms with van der Waals surface area (Å²) in [5, 5.41) is 12.8. The molecule has 1 aliphatic heterocycles. The fourth-order valence-corrected chi connectivity index (χ4v) is 3.22. The molecule has 1 saturated heterocycles. The van der Waals surface area contributed by atoms with E-state index in [-0.39, 0.29) is 18.6 Å². The molecule has 1 aromatic heterocycles. The summed E-state index contributed by atoms with van der Waals surface area (Å²) in [7, 11) is 0. The minimum atomic E-state index is -4.70. The quantitative estimate of drug-likeness (QED) is 0.174. The highest BCUT2D eigenvalue weighted by Gasteiger charge is 2.38.